The van der Waals surface area contributed by atoms with E-state index in [0.29, 0.717) is 24.6 Å². The molecule has 3 rings (SSSR count). The molecule has 23 heavy (non-hydrogen) atoms. The molecule has 1 aliphatic carbocycles. The number of carbonyl (C=O) groups is 2. The number of pyridine rings is 1. The number of amides is 2. The molecule has 0 radical (unpaired) electrons. The Morgan fingerprint density at radius 1 is 1.35 bits per heavy atom. The molecule has 2 amide bonds. The summed E-state index contributed by atoms with van der Waals surface area (Å²) in [6.07, 6.45) is 0.889. The summed E-state index contributed by atoms with van der Waals surface area (Å²) in [5.41, 5.74) is 1.05. The number of hydrogen-bond acceptors (Lipinski definition) is 5. The highest BCUT2D eigenvalue weighted by molar-refractivity contribution is 5.92. The third-order valence-corrected chi connectivity index (χ3v) is 4.38. The molecule has 2 N–H and O–H groups in total. The van der Waals surface area contributed by atoms with Crippen molar-refractivity contribution in [3.8, 4) is 0 Å². The number of carbonyl (C=O) groups excluding carboxylic acids is 2. The fourth-order valence-electron chi connectivity index (χ4n) is 3.37. The van der Waals surface area contributed by atoms with Gasteiger partial charge in [-0.15, -0.1) is 0 Å². The molecule has 1 saturated heterocycles. The predicted octanol–water partition coefficient (Wildman–Crippen LogP) is 0.250. The second-order valence-electron chi connectivity index (χ2n) is 5.96. The van der Waals surface area contributed by atoms with E-state index in [0.717, 1.165) is 6.42 Å². The third kappa shape index (κ3) is 3.20. The Labute approximate surface area is 134 Å². The largest absolute Gasteiger partial charge is 0.378 e. The highest BCUT2D eigenvalue weighted by Crippen LogP contribution is 2.39. The Bertz CT molecular complexity index is 607. The van der Waals surface area contributed by atoms with Crippen molar-refractivity contribution in [2.24, 2.45) is 5.92 Å². The molecule has 0 unspecified atom stereocenters. The Kier molecular flexibility index (Phi) is 4.58. The van der Waals surface area contributed by atoms with Crippen molar-refractivity contribution in [2.45, 2.75) is 38.1 Å². The molecule has 7 heteroatoms. The Balaban J connectivity index is 1.68. The van der Waals surface area contributed by atoms with E-state index in [1.54, 1.807) is 19.2 Å². The van der Waals surface area contributed by atoms with Crippen molar-refractivity contribution >= 4 is 11.8 Å². The van der Waals surface area contributed by atoms with Gasteiger partial charge in [0.15, 0.2) is 0 Å². The van der Waals surface area contributed by atoms with Crippen LogP contribution in [0, 0.1) is 5.92 Å². The Morgan fingerprint density at radius 3 is 2.91 bits per heavy atom. The van der Waals surface area contributed by atoms with E-state index < -0.39 is 0 Å². The van der Waals surface area contributed by atoms with Crippen LogP contribution >= 0.6 is 0 Å². The monoisotopic (exact) mass is 319 g/mol. The highest BCUT2D eigenvalue weighted by atomic mass is 16.5. The van der Waals surface area contributed by atoms with Crippen LogP contribution in [0.1, 0.15) is 29.5 Å². The lowest BCUT2D eigenvalue weighted by Crippen LogP contribution is -2.70. The van der Waals surface area contributed by atoms with Crippen LogP contribution in [0.5, 0.6) is 0 Å². The summed E-state index contributed by atoms with van der Waals surface area (Å²) in [4.78, 5) is 28.1. The first-order chi connectivity index (χ1) is 11.1. The van der Waals surface area contributed by atoms with Crippen molar-refractivity contribution in [1.82, 2.24) is 15.6 Å². The molecule has 4 atom stereocenters. The van der Waals surface area contributed by atoms with Crippen molar-refractivity contribution in [3.05, 3.63) is 29.6 Å². The van der Waals surface area contributed by atoms with Gasteiger partial charge in [-0.1, -0.05) is 6.07 Å². The molecule has 2 aliphatic rings. The van der Waals surface area contributed by atoms with Crippen LogP contribution in [0.25, 0.3) is 0 Å². The van der Waals surface area contributed by atoms with Crippen molar-refractivity contribution in [2.75, 3.05) is 13.7 Å². The lowest BCUT2D eigenvalue weighted by atomic mass is 9.71. The van der Waals surface area contributed by atoms with Gasteiger partial charge in [-0.3, -0.25) is 9.59 Å². The van der Waals surface area contributed by atoms with E-state index in [1.807, 2.05) is 6.07 Å². The predicted molar refractivity (Wildman–Crippen MR) is 81.7 cm³/mol. The first kappa shape index (κ1) is 15.9. The first-order valence-corrected chi connectivity index (χ1v) is 7.74. The number of ether oxygens (including phenoxy) is 2. The maximum absolute atomic E-state index is 12.5. The fraction of sp³-hybridized carbons (Fsp3) is 0.562. The second kappa shape index (κ2) is 6.64. The molecule has 1 aliphatic heterocycles. The van der Waals surface area contributed by atoms with Crippen LogP contribution in [0.2, 0.25) is 0 Å². The first-order valence-electron chi connectivity index (χ1n) is 7.74. The SMILES string of the molecule is COCc1cccc(C(=O)N[C@H]2[C@H]3CCO[C@H]3[C@@H]2NC(C)=O)n1. The van der Waals surface area contributed by atoms with Crippen LogP contribution in [0.4, 0.5) is 0 Å². The maximum Gasteiger partial charge on any atom is 0.270 e. The summed E-state index contributed by atoms with van der Waals surface area (Å²) in [5, 5.41) is 5.86. The molecule has 1 aromatic heterocycles. The van der Waals surface area contributed by atoms with Gasteiger partial charge in [0.2, 0.25) is 5.91 Å². The molecule has 2 heterocycles. The van der Waals surface area contributed by atoms with Gasteiger partial charge in [0.25, 0.3) is 5.91 Å². The summed E-state index contributed by atoms with van der Waals surface area (Å²) in [5.74, 6) is -0.116. The van der Waals surface area contributed by atoms with E-state index in [9.17, 15) is 9.59 Å². The lowest BCUT2D eigenvalue weighted by molar-refractivity contribution is -0.123. The zero-order chi connectivity index (χ0) is 16.4. The van der Waals surface area contributed by atoms with E-state index in [2.05, 4.69) is 15.6 Å². The number of aromatic nitrogens is 1. The van der Waals surface area contributed by atoms with E-state index in [1.165, 1.54) is 6.92 Å². The van der Waals surface area contributed by atoms with Gasteiger partial charge in [0.05, 0.1) is 30.5 Å². The third-order valence-electron chi connectivity index (χ3n) is 4.38. The number of fused-ring (bicyclic) bond motifs is 1. The fourth-order valence-corrected chi connectivity index (χ4v) is 3.37. The van der Waals surface area contributed by atoms with Gasteiger partial charge >= 0.3 is 0 Å². The van der Waals surface area contributed by atoms with Gasteiger partial charge in [-0.25, -0.2) is 4.98 Å². The molecule has 124 valence electrons. The van der Waals surface area contributed by atoms with Crippen LogP contribution in [-0.2, 0) is 20.9 Å². The lowest BCUT2D eigenvalue weighted by Gasteiger charge is -2.47. The molecule has 1 aromatic rings. The summed E-state index contributed by atoms with van der Waals surface area (Å²) >= 11 is 0. The van der Waals surface area contributed by atoms with Crippen molar-refractivity contribution < 1.29 is 19.1 Å². The summed E-state index contributed by atoms with van der Waals surface area (Å²) in [6.45, 7) is 2.49. The molecule has 7 nitrogen and oxygen atoms in total. The molecular formula is C16H21N3O4. The zero-order valence-corrected chi connectivity index (χ0v) is 13.2. The van der Waals surface area contributed by atoms with Crippen LogP contribution in [0.15, 0.2) is 18.2 Å². The minimum atomic E-state index is -0.242. The minimum Gasteiger partial charge on any atom is -0.378 e. The standard InChI is InChI=1S/C16H21N3O4/c1-9(20)17-14-13(11-6-7-23-15(11)14)19-16(21)12-5-3-4-10(18-12)8-22-2/h3-5,11,13-15H,6-8H2,1-2H3,(H,17,20)(H,19,21)/t11-,13+,14-,15-/m1/s1. The van der Waals surface area contributed by atoms with Gasteiger partial charge in [-0.2, -0.15) is 0 Å². The smallest absolute Gasteiger partial charge is 0.270 e. The minimum absolute atomic E-state index is 0.00279. The average Bonchev–Trinajstić information content (AvgIpc) is 2.95. The Morgan fingerprint density at radius 2 is 2.17 bits per heavy atom. The number of methoxy groups -OCH3 is 1. The van der Waals surface area contributed by atoms with E-state index >= 15 is 0 Å². The number of hydrogen-bond donors (Lipinski definition) is 2. The van der Waals surface area contributed by atoms with Gasteiger partial charge in [-0.05, 0) is 18.6 Å². The molecular weight excluding hydrogens is 298 g/mol. The van der Waals surface area contributed by atoms with Gasteiger partial charge in [0, 0.05) is 26.6 Å². The molecule has 2 fully saturated rings. The number of nitrogens with one attached hydrogen (secondary N) is 2. The molecule has 0 bridgehead atoms. The highest BCUT2D eigenvalue weighted by Gasteiger charge is 2.55. The van der Waals surface area contributed by atoms with E-state index in [4.69, 9.17) is 9.47 Å². The molecule has 1 saturated carbocycles. The zero-order valence-electron chi connectivity index (χ0n) is 13.2. The summed E-state index contributed by atoms with van der Waals surface area (Å²) in [7, 11) is 1.58. The van der Waals surface area contributed by atoms with Crippen molar-refractivity contribution in [1.29, 1.82) is 0 Å². The van der Waals surface area contributed by atoms with Crippen LogP contribution in [-0.4, -0.2) is 48.7 Å². The van der Waals surface area contributed by atoms with Gasteiger partial charge in [0.1, 0.15) is 5.69 Å². The average molecular weight is 319 g/mol. The summed E-state index contributed by atoms with van der Waals surface area (Å²) < 4.78 is 10.7. The molecule has 0 spiro atoms. The van der Waals surface area contributed by atoms with Gasteiger partial charge < -0.3 is 20.1 Å². The summed E-state index contributed by atoms with van der Waals surface area (Å²) in [6, 6.07) is 4.97. The maximum atomic E-state index is 12.5. The van der Waals surface area contributed by atoms with Crippen molar-refractivity contribution in [3.63, 3.8) is 0 Å². The van der Waals surface area contributed by atoms with E-state index in [-0.39, 0.29) is 35.9 Å². The molecule has 0 aromatic carbocycles. The Hall–Kier alpha value is -1.99. The van der Waals surface area contributed by atoms with Crippen LogP contribution in [0.3, 0.4) is 0 Å². The number of rotatable bonds is 5. The van der Waals surface area contributed by atoms with Crippen LogP contribution < -0.4 is 10.6 Å². The topological polar surface area (TPSA) is 89.5 Å². The normalized spacial score (nSPS) is 28.6. The number of nitrogens with zero attached hydrogens (tertiary/aromatic N) is 1. The second-order valence-corrected chi connectivity index (χ2v) is 5.96. The quantitative estimate of drug-likeness (QED) is 0.812.